The SMILES string of the molecule is CC(Sc1nc(N)cc(C(F)(F)F)n1)c1cc(C(C)(C)C)ccn1. The second-order valence-corrected chi connectivity index (χ2v) is 7.75. The maximum absolute atomic E-state index is 12.8. The molecule has 0 radical (unpaired) electrons. The fourth-order valence-electron chi connectivity index (χ4n) is 2.00. The molecule has 0 amide bonds. The van der Waals surface area contributed by atoms with Crippen molar-refractivity contribution in [1.82, 2.24) is 15.0 Å². The van der Waals surface area contributed by atoms with E-state index in [1.807, 2.05) is 19.1 Å². The molecule has 8 heteroatoms. The van der Waals surface area contributed by atoms with Gasteiger partial charge in [0.1, 0.15) is 5.82 Å². The van der Waals surface area contributed by atoms with Crippen LogP contribution >= 0.6 is 11.8 Å². The fourth-order valence-corrected chi connectivity index (χ4v) is 2.87. The molecule has 2 heterocycles. The highest BCUT2D eigenvalue weighted by molar-refractivity contribution is 7.99. The van der Waals surface area contributed by atoms with Gasteiger partial charge in [0, 0.05) is 12.3 Å². The monoisotopic (exact) mass is 356 g/mol. The third kappa shape index (κ3) is 4.59. The van der Waals surface area contributed by atoms with Gasteiger partial charge in [-0.3, -0.25) is 4.98 Å². The second kappa shape index (κ2) is 6.58. The van der Waals surface area contributed by atoms with E-state index in [9.17, 15) is 13.2 Å². The fraction of sp³-hybridized carbons (Fsp3) is 0.438. The Labute approximate surface area is 143 Å². The predicted molar refractivity (Wildman–Crippen MR) is 88.7 cm³/mol. The van der Waals surface area contributed by atoms with E-state index >= 15 is 0 Å². The molecular formula is C16H19F3N4S. The lowest BCUT2D eigenvalue weighted by atomic mass is 9.87. The lowest BCUT2D eigenvalue weighted by Crippen LogP contribution is -2.12. The van der Waals surface area contributed by atoms with Gasteiger partial charge in [-0.05, 0) is 30.0 Å². The van der Waals surface area contributed by atoms with Crippen LogP contribution in [0.15, 0.2) is 29.6 Å². The van der Waals surface area contributed by atoms with E-state index in [1.165, 1.54) is 0 Å². The maximum Gasteiger partial charge on any atom is 0.433 e. The molecule has 0 aromatic carbocycles. The van der Waals surface area contributed by atoms with Crippen molar-refractivity contribution in [2.45, 2.75) is 49.7 Å². The Hall–Kier alpha value is -1.83. The molecule has 0 saturated carbocycles. The summed E-state index contributed by atoms with van der Waals surface area (Å²) < 4.78 is 38.5. The van der Waals surface area contributed by atoms with Gasteiger partial charge in [0.15, 0.2) is 10.9 Å². The summed E-state index contributed by atoms with van der Waals surface area (Å²) >= 11 is 1.10. The highest BCUT2D eigenvalue weighted by Crippen LogP contribution is 2.36. The molecule has 1 atom stereocenters. The largest absolute Gasteiger partial charge is 0.433 e. The normalized spacial score (nSPS) is 13.8. The van der Waals surface area contributed by atoms with E-state index < -0.39 is 11.9 Å². The van der Waals surface area contributed by atoms with E-state index in [1.54, 1.807) is 6.20 Å². The number of pyridine rings is 1. The lowest BCUT2D eigenvalue weighted by Gasteiger charge is -2.20. The van der Waals surface area contributed by atoms with Gasteiger partial charge in [0.05, 0.1) is 10.9 Å². The van der Waals surface area contributed by atoms with Crippen molar-refractivity contribution in [3.8, 4) is 0 Å². The zero-order chi connectivity index (χ0) is 18.1. The van der Waals surface area contributed by atoms with Crippen LogP contribution in [0.1, 0.15) is 49.9 Å². The molecule has 0 aliphatic rings. The van der Waals surface area contributed by atoms with Crippen molar-refractivity contribution in [2.75, 3.05) is 5.73 Å². The number of alkyl halides is 3. The Morgan fingerprint density at radius 1 is 1.12 bits per heavy atom. The number of hydrogen-bond acceptors (Lipinski definition) is 5. The summed E-state index contributed by atoms with van der Waals surface area (Å²) in [7, 11) is 0. The molecule has 0 aliphatic heterocycles. The van der Waals surface area contributed by atoms with Crippen molar-refractivity contribution in [2.24, 2.45) is 0 Å². The van der Waals surface area contributed by atoms with E-state index in [2.05, 4.69) is 35.7 Å². The molecule has 24 heavy (non-hydrogen) atoms. The minimum Gasteiger partial charge on any atom is -0.384 e. The van der Waals surface area contributed by atoms with Crippen LogP contribution in [0.5, 0.6) is 0 Å². The molecule has 2 N–H and O–H groups in total. The molecule has 0 aliphatic carbocycles. The first-order valence-corrected chi connectivity index (χ1v) is 8.19. The predicted octanol–water partition coefficient (Wildman–Crippen LogP) is 4.62. The number of nitrogen functional groups attached to an aromatic ring is 1. The number of rotatable bonds is 3. The van der Waals surface area contributed by atoms with Gasteiger partial charge in [-0.2, -0.15) is 13.2 Å². The van der Waals surface area contributed by atoms with Crippen molar-refractivity contribution >= 4 is 17.6 Å². The van der Waals surface area contributed by atoms with E-state index in [4.69, 9.17) is 5.73 Å². The molecule has 2 aromatic heterocycles. The summed E-state index contributed by atoms with van der Waals surface area (Å²) in [4.78, 5) is 11.8. The smallest absolute Gasteiger partial charge is 0.384 e. The highest BCUT2D eigenvalue weighted by atomic mass is 32.2. The quantitative estimate of drug-likeness (QED) is 0.642. The van der Waals surface area contributed by atoms with Crippen LogP contribution in [0.2, 0.25) is 0 Å². The lowest BCUT2D eigenvalue weighted by molar-refractivity contribution is -0.141. The van der Waals surface area contributed by atoms with Crippen molar-refractivity contribution in [1.29, 1.82) is 0 Å². The zero-order valence-corrected chi connectivity index (χ0v) is 14.7. The van der Waals surface area contributed by atoms with Crippen LogP contribution in [0, 0.1) is 0 Å². The number of nitrogens with two attached hydrogens (primary N) is 1. The van der Waals surface area contributed by atoms with Gasteiger partial charge in [-0.25, -0.2) is 9.97 Å². The third-order valence-corrected chi connectivity index (χ3v) is 4.35. The molecule has 0 spiro atoms. The van der Waals surface area contributed by atoms with Crippen LogP contribution in [0.4, 0.5) is 19.0 Å². The molecular weight excluding hydrogens is 337 g/mol. The summed E-state index contributed by atoms with van der Waals surface area (Å²) in [5, 5.41) is -0.229. The molecule has 4 nitrogen and oxygen atoms in total. The molecule has 0 fully saturated rings. The number of halogens is 3. The standard InChI is InChI=1S/C16H19F3N4S/c1-9(11-7-10(5-6-21-11)15(2,3)4)24-14-22-12(16(17,18)19)8-13(20)23-14/h5-9H,1-4H3,(H2,20,22,23). The molecule has 2 rings (SSSR count). The van der Waals surface area contributed by atoms with Gasteiger partial charge in [-0.1, -0.05) is 32.5 Å². The van der Waals surface area contributed by atoms with Crippen LogP contribution in [-0.4, -0.2) is 15.0 Å². The Morgan fingerprint density at radius 3 is 2.38 bits per heavy atom. The minimum absolute atomic E-state index is 0.0159. The Bertz CT molecular complexity index is 726. The van der Waals surface area contributed by atoms with Crippen molar-refractivity contribution < 1.29 is 13.2 Å². The Morgan fingerprint density at radius 2 is 1.79 bits per heavy atom. The third-order valence-electron chi connectivity index (χ3n) is 3.36. The van der Waals surface area contributed by atoms with Crippen LogP contribution in [-0.2, 0) is 11.6 Å². The number of aromatic nitrogens is 3. The Kier molecular flexibility index (Phi) is 5.08. The van der Waals surface area contributed by atoms with Gasteiger partial charge < -0.3 is 5.73 Å². The molecule has 2 aromatic rings. The van der Waals surface area contributed by atoms with Crippen LogP contribution < -0.4 is 5.73 Å². The van der Waals surface area contributed by atoms with Crippen molar-refractivity contribution in [3.63, 3.8) is 0 Å². The number of thioether (sulfide) groups is 1. The maximum atomic E-state index is 12.8. The van der Waals surface area contributed by atoms with Gasteiger partial charge >= 0.3 is 6.18 Å². The molecule has 0 bridgehead atoms. The van der Waals surface area contributed by atoms with E-state index in [0.29, 0.717) is 0 Å². The summed E-state index contributed by atoms with van der Waals surface area (Å²) in [5.74, 6) is -0.205. The van der Waals surface area contributed by atoms with Crippen LogP contribution in [0.25, 0.3) is 0 Å². The first-order chi connectivity index (χ1) is 11.0. The molecule has 1 unspecified atom stereocenters. The number of nitrogens with zero attached hydrogens (tertiary/aromatic N) is 3. The van der Waals surface area contributed by atoms with Crippen molar-refractivity contribution in [3.05, 3.63) is 41.3 Å². The first kappa shape index (κ1) is 18.5. The topological polar surface area (TPSA) is 64.7 Å². The number of hydrogen-bond donors (Lipinski definition) is 1. The number of anilines is 1. The highest BCUT2D eigenvalue weighted by Gasteiger charge is 2.33. The summed E-state index contributed by atoms with van der Waals surface area (Å²) in [5.41, 5.74) is 6.25. The van der Waals surface area contributed by atoms with Gasteiger partial charge in [0.2, 0.25) is 0 Å². The van der Waals surface area contributed by atoms with Crippen LogP contribution in [0.3, 0.4) is 0 Å². The minimum atomic E-state index is -4.56. The zero-order valence-electron chi connectivity index (χ0n) is 13.8. The van der Waals surface area contributed by atoms with E-state index in [0.717, 1.165) is 29.1 Å². The van der Waals surface area contributed by atoms with Gasteiger partial charge in [-0.15, -0.1) is 0 Å². The van der Waals surface area contributed by atoms with Gasteiger partial charge in [0.25, 0.3) is 0 Å². The van der Waals surface area contributed by atoms with E-state index in [-0.39, 0.29) is 21.6 Å². The molecule has 0 saturated heterocycles. The summed E-state index contributed by atoms with van der Waals surface area (Å²) in [6.45, 7) is 8.10. The summed E-state index contributed by atoms with van der Waals surface area (Å²) in [6, 6.07) is 4.61. The molecule has 130 valence electrons. The average Bonchev–Trinajstić information content (AvgIpc) is 2.45. The second-order valence-electron chi connectivity index (χ2n) is 6.44. The first-order valence-electron chi connectivity index (χ1n) is 7.31. The Balaban J connectivity index is 2.27. The average molecular weight is 356 g/mol. The summed E-state index contributed by atoms with van der Waals surface area (Å²) in [6.07, 6.45) is -2.85.